The fraction of sp³-hybridized carbons (Fsp3) is 0.280. The summed E-state index contributed by atoms with van der Waals surface area (Å²) in [6.45, 7) is 8.56. The van der Waals surface area contributed by atoms with E-state index in [4.69, 9.17) is 9.26 Å². The van der Waals surface area contributed by atoms with E-state index < -0.39 is 0 Å². The molecule has 2 aromatic carbocycles. The highest BCUT2D eigenvalue weighted by atomic mass is 19.1. The van der Waals surface area contributed by atoms with Crippen molar-refractivity contribution in [3.8, 4) is 28.7 Å². The van der Waals surface area contributed by atoms with Gasteiger partial charge >= 0.3 is 0 Å². The highest BCUT2D eigenvalue weighted by Crippen LogP contribution is 2.25. The molecule has 0 aliphatic carbocycles. The van der Waals surface area contributed by atoms with Gasteiger partial charge in [-0.25, -0.2) is 9.37 Å². The predicted octanol–water partition coefficient (Wildman–Crippen LogP) is 5.77. The second-order valence-electron chi connectivity index (χ2n) is 8.51. The lowest BCUT2D eigenvalue weighted by molar-refractivity contribution is 0.235. The molecule has 0 fully saturated rings. The van der Waals surface area contributed by atoms with Crippen LogP contribution in [0.25, 0.3) is 22.8 Å². The van der Waals surface area contributed by atoms with Crippen LogP contribution >= 0.6 is 0 Å². The highest BCUT2D eigenvalue weighted by molar-refractivity contribution is 5.56. The SMILES string of the molecule is CCc1cc(OCc2nc(-c3ccc(C(C)(C)C)cc3)no2)nc(-c2cccc(F)c2)n1. The molecule has 6 nitrogen and oxygen atoms in total. The van der Waals surface area contributed by atoms with Gasteiger partial charge in [-0.3, -0.25) is 0 Å². The monoisotopic (exact) mass is 432 g/mol. The molecule has 0 saturated heterocycles. The zero-order chi connectivity index (χ0) is 22.7. The number of ether oxygens (including phenoxy) is 1. The van der Waals surface area contributed by atoms with Crippen LogP contribution in [0.4, 0.5) is 4.39 Å². The van der Waals surface area contributed by atoms with Crippen molar-refractivity contribution in [2.45, 2.75) is 46.1 Å². The standard InChI is InChI=1S/C25H25FN4O2/c1-5-20-14-21(28-23(27-20)17-7-6-8-19(26)13-17)31-15-22-29-24(30-32-22)16-9-11-18(12-10-16)25(2,3)4/h6-14H,5,15H2,1-4H3. The number of aromatic nitrogens is 4. The number of aryl methyl sites for hydroxylation is 1. The van der Waals surface area contributed by atoms with Gasteiger partial charge < -0.3 is 9.26 Å². The maximum atomic E-state index is 13.6. The first-order valence-electron chi connectivity index (χ1n) is 10.5. The van der Waals surface area contributed by atoms with E-state index in [1.54, 1.807) is 18.2 Å². The van der Waals surface area contributed by atoms with Crippen LogP contribution in [0.15, 0.2) is 59.1 Å². The molecule has 0 spiro atoms. The average Bonchev–Trinajstić information content (AvgIpc) is 3.26. The van der Waals surface area contributed by atoms with Gasteiger partial charge in [0.2, 0.25) is 11.7 Å². The van der Waals surface area contributed by atoms with E-state index in [2.05, 4.69) is 53.0 Å². The smallest absolute Gasteiger partial charge is 0.264 e. The van der Waals surface area contributed by atoms with Gasteiger partial charge in [-0.05, 0) is 29.5 Å². The zero-order valence-electron chi connectivity index (χ0n) is 18.6. The Morgan fingerprint density at radius 1 is 0.906 bits per heavy atom. The van der Waals surface area contributed by atoms with E-state index in [1.807, 2.05) is 19.1 Å². The third-order valence-corrected chi connectivity index (χ3v) is 5.02. The van der Waals surface area contributed by atoms with Gasteiger partial charge in [0.15, 0.2) is 12.4 Å². The van der Waals surface area contributed by atoms with Crippen LogP contribution < -0.4 is 4.74 Å². The molecular weight excluding hydrogens is 407 g/mol. The fourth-order valence-corrected chi connectivity index (χ4v) is 3.17. The lowest BCUT2D eigenvalue weighted by Gasteiger charge is -2.18. The molecule has 164 valence electrons. The van der Waals surface area contributed by atoms with Crippen molar-refractivity contribution < 1.29 is 13.7 Å². The summed E-state index contributed by atoms with van der Waals surface area (Å²) in [6, 6.07) is 16.0. The van der Waals surface area contributed by atoms with E-state index in [1.165, 1.54) is 17.7 Å². The van der Waals surface area contributed by atoms with Crippen molar-refractivity contribution in [3.63, 3.8) is 0 Å². The summed E-state index contributed by atoms with van der Waals surface area (Å²) in [5.41, 5.74) is 3.56. The third kappa shape index (κ3) is 4.99. The summed E-state index contributed by atoms with van der Waals surface area (Å²) in [4.78, 5) is 13.3. The summed E-state index contributed by atoms with van der Waals surface area (Å²) in [5.74, 6) is 1.27. The molecule has 32 heavy (non-hydrogen) atoms. The van der Waals surface area contributed by atoms with Crippen LogP contribution in [0.5, 0.6) is 5.88 Å². The Labute approximate surface area is 186 Å². The predicted molar refractivity (Wildman–Crippen MR) is 120 cm³/mol. The van der Waals surface area contributed by atoms with Crippen LogP contribution in [0.1, 0.15) is 44.8 Å². The number of hydrogen-bond donors (Lipinski definition) is 0. The van der Waals surface area contributed by atoms with Gasteiger partial charge in [0.05, 0.1) is 0 Å². The Balaban J connectivity index is 1.50. The zero-order valence-corrected chi connectivity index (χ0v) is 18.6. The van der Waals surface area contributed by atoms with E-state index in [-0.39, 0.29) is 17.8 Å². The highest BCUT2D eigenvalue weighted by Gasteiger charge is 2.15. The lowest BCUT2D eigenvalue weighted by atomic mass is 9.87. The molecule has 0 amide bonds. The topological polar surface area (TPSA) is 73.9 Å². The van der Waals surface area contributed by atoms with E-state index in [9.17, 15) is 4.39 Å². The minimum atomic E-state index is -0.343. The van der Waals surface area contributed by atoms with Crippen LogP contribution in [-0.2, 0) is 18.4 Å². The first-order valence-corrected chi connectivity index (χ1v) is 10.5. The number of halogens is 1. The fourth-order valence-electron chi connectivity index (χ4n) is 3.17. The number of benzene rings is 2. The summed E-state index contributed by atoms with van der Waals surface area (Å²) in [7, 11) is 0. The minimum absolute atomic E-state index is 0.0653. The maximum absolute atomic E-state index is 13.6. The molecule has 2 aromatic heterocycles. The number of nitrogens with zero attached hydrogens (tertiary/aromatic N) is 4. The second-order valence-corrected chi connectivity index (χ2v) is 8.51. The van der Waals surface area contributed by atoms with Crippen molar-refractivity contribution >= 4 is 0 Å². The normalized spacial score (nSPS) is 11.5. The van der Waals surface area contributed by atoms with Gasteiger partial charge in [0.25, 0.3) is 5.89 Å². The van der Waals surface area contributed by atoms with Crippen LogP contribution in [0.3, 0.4) is 0 Å². The molecule has 0 aliphatic rings. The molecule has 0 unspecified atom stereocenters. The molecule has 0 bridgehead atoms. The maximum Gasteiger partial charge on any atom is 0.264 e. The lowest BCUT2D eigenvalue weighted by Crippen LogP contribution is -2.10. The Hall–Kier alpha value is -3.61. The summed E-state index contributed by atoms with van der Waals surface area (Å²) < 4.78 is 24.8. The largest absolute Gasteiger partial charge is 0.467 e. The molecule has 0 saturated carbocycles. The molecule has 0 radical (unpaired) electrons. The Morgan fingerprint density at radius 2 is 1.69 bits per heavy atom. The van der Waals surface area contributed by atoms with E-state index in [0.29, 0.717) is 35.4 Å². The molecule has 0 atom stereocenters. The van der Waals surface area contributed by atoms with Crippen LogP contribution in [0.2, 0.25) is 0 Å². The van der Waals surface area contributed by atoms with Crippen molar-refractivity contribution in [2.75, 3.05) is 0 Å². The molecule has 0 aliphatic heterocycles. The molecule has 7 heteroatoms. The van der Waals surface area contributed by atoms with Gasteiger partial charge in [-0.15, -0.1) is 0 Å². The van der Waals surface area contributed by atoms with Crippen molar-refractivity contribution in [2.24, 2.45) is 0 Å². The van der Waals surface area contributed by atoms with Crippen LogP contribution in [-0.4, -0.2) is 20.1 Å². The van der Waals surface area contributed by atoms with Gasteiger partial charge in [0.1, 0.15) is 5.82 Å². The Morgan fingerprint density at radius 3 is 2.38 bits per heavy atom. The quantitative estimate of drug-likeness (QED) is 0.385. The van der Waals surface area contributed by atoms with E-state index >= 15 is 0 Å². The average molecular weight is 432 g/mol. The second kappa shape index (κ2) is 8.86. The molecule has 0 N–H and O–H groups in total. The summed E-state index contributed by atoms with van der Waals surface area (Å²) in [5, 5.41) is 4.06. The van der Waals surface area contributed by atoms with Gasteiger partial charge in [-0.1, -0.05) is 69.2 Å². The van der Waals surface area contributed by atoms with Crippen molar-refractivity contribution in [1.82, 2.24) is 20.1 Å². The molecule has 4 rings (SSSR count). The first-order chi connectivity index (χ1) is 15.3. The number of rotatable bonds is 6. The first kappa shape index (κ1) is 21.6. The molecule has 2 heterocycles. The van der Waals surface area contributed by atoms with Crippen molar-refractivity contribution in [1.29, 1.82) is 0 Å². The molecular formula is C25H25FN4O2. The minimum Gasteiger partial charge on any atom is -0.467 e. The van der Waals surface area contributed by atoms with Crippen molar-refractivity contribution in [3.05, 3.63) is 77.6 Å². The Kier molecular flexibility index (Phi) is 5.99. The number of hydrogen-bond acceptors (Lipinski definition) is 6. The van der Waals surface area contributed by atoms with Gasteiger partial charge in [-0.2, -0.15) is 9.97 Å². The summed E-state index contributed by atoms with van der Waals surface area (Å²) >= 11 is 0. The Bertz CT molecular complexity index is 1210. The summed E-state index contributed by atoms with van der Waals surface area (Å²) in [6.07, 6.45) is 0.691. The van der Waals surface area contributed by atoms with E-state index in [0.717, 1.165) is 11.3 Å². The third-order valence-electron chi connectivity index (χ3n) is 5.02. The van der Waals surface area contributed by atoms with Gasteiger partial charge in [0, 0.05) is 22.9 Å². The molecule has 4 aromatic rings. The van der Waals surface area contributed by atoms with Crippen LogP contribution in [0, 0.1) is 5.82 Å².